The minimum absolute atomic E-state index is 0.325. The third-order valence-electron chi connectivity index (χ3n) is 2.49. The number of likely N-dealkylation sites (tertiary alicyclic amines) is 1. The SMILES string of the molecule is CS(=O)(=O)CC(=O)N1CCCC[C@@H]1C(=O)O. The van der Waals surface area contributed by atoms with Crippen LogP contribution >= 0.6 is 0 Å². The molecular formula is C9H15NO5S. The van der Waals surface area contributed by atoms with Crippen molar-refractivity contribution in [1.29, 1.82) is 0 Å². The Balaban J connectivity index is 2.76. The summed E-state index contributed by atoms with van der Waals surface area (Å²) in [4.78, 5) is 23.7. The number of sulfone groups is 1. The van der Waals surface area contributed by atoms with Gasteiger partial charge in [-0.25, -0.2) is 13.2 Å². The maximum atomic E-state index is 11.6. The molecule has 0 spiro atoms. The van der Waals surface area contributed by atoms with Crippen molar-refractivity contribution in [2.75, 3.05) is 18.6 Å². The predicted molar refractivity (Wildman–Crippen MR) is 56.7 cm³/mol. The number of carboxylic acid groups (broad SMARTS) is 1. The molecule has 16 heavy (non-hydrogen) atoms. The number of carboxylic acids is 1. The number of hydrogen-bond donors (Lipinski definition) is 1. The zero-order chi connectivity index (χ0) is 12.3. The zero-order valence-electron chi connectivity index (χ0n) is 9.05. The van der Waals surface area contributed by atoms with E-state index in [1.165, 1.54) is 0 Å². The number of amides is 1. The van der Waals surface area contributed by atoms with Crippen molar-refractivity contribution in [2.45, 2.75) is 25.3 Å². The van der Waals surface area contributed by atoms with E-state index < -0.39 is 33.5 Å². The number of hydrogen-bond acceptors (Lipinski definition) is 4. The Hall–Kier alpha value is -1.11. The molecule has 1 aliphatic rings. The van der Waals surface area contributed by atoms with E-state index in [1.807, 2.05) is 0 Å². The molecule has 92 valence electrons. The largest absolute Gasteiger partial charge is 0.480 e. The first-order valence-electron chi connectivity index (χ1n) is 5.01. The fraction of sp³-hybridized carbons (Fsp3) is 0.778. The normalized spacial score (nSPS) is 21.8. The molecule has 1 rings (SSSR count). The first-order valence-corrected chi connectivity index (χ1v) is 7.07. The molecule has 1 aliphatic heterocycles. The predicted octanol–water partition coefficient (Wildman–Crippen LogP) is -0.503. The van der Waals surface area contributed by atoms with E-state index in [2.05, 4.69) is 0 Å². The Morgan fingerprint density at radius 1 is 1.38 bits per heavy atom. The molecule has 0 aliphatic carbocycles. The first-order chi connectivity index (χ1) is 7.31. The van der Waals surface area contributed by atoms with Crippen LogP contribution in [0.5, 0.6) is 0 Å². The second kappa shape index (κ2) is 4.82. The lowest BCUT2D eigenvalue weighted by molar-refractivity contribution is -0.151. The lowest BCUT2D eigenvalue weighted by atomic mass is 10.0. The van der Waals surface area contributed by atoms with Gasteiger partial charge in [0.2, 0.25) is 5.91 Å². The molecule has 1 fully saturated rings. The fourth-order valence-electron chi connectivity index (χ4n) is 1.79. The van der Waals surface area contributed by atoms with Crippen LogP contribution in [0.3, 0.4) is 0 Å². The van der Waals surface area contributed by atoms with E-state index in [0.29, 0.717) is 13.0 Å². The van der Waals surface area contributed by atoms with Crippen LogP contribution in [-0.4, -0.2) is 54.9 Å². The highest BCUT2D eigenvalue weighted by molar-refractivity contribution is 7.91. The topological polar surface area (TPSA) is 91.8 Å². The molecule has 1 saturated heterocycles. The minimum atomic E-state index is -3.41. The van der Waals surface area contributed by atoms with Crippen molar-refractivity contribution in [2.24, 2.45) is 0 Å². The summed E-state index contributed by atoms with van der Waals surface area (Å²) in [5.74, 6) is -2.30. The molecule has 0 aromatic carbocycles. The third-order valence-corrected chi connectivity index (χ3v) is 3.27. The average molecular weight is 249 g/mol. The second-order valence-electron chi connectivity index (χ2n) is 4.01. The van der Waals surface area contributed by atoms with Crippen molar-refractivity contribution in [3.63, 3.8) is 0 Å². The number of piperidine rings is 1. The van der Waals surface area contributed by atoms with Gasteiger partial charge < -0.3 is 10.0 Å². The van der Waals surface area contributed by atoms with Crippen molar-refractivity contribution in [1.82, 2.24) is 4.90 Å². The standard InChI is InChI=1S/C9H15NO5S/c1-16(14,15)6-8(11)10-5-3-2-4-7(10)9(12)13/h7H,2-6H2,1H3,(H,12,13)/t7-/m1/s1. The van der Waals surface area contributed by atoms with E-state index in [0.717, 1.165) is 24.0 Å². The highest BCUT2D eigenvalue weighted by atomic mass is 32.2. The van der Waals surface area contributed by atoms with Crippen LogP contribution in [0.4, 0.5) is 0 Å². The molecule has 0 bridgehead atoms. The summed E-state index contributed by atoms with van der Waals surface area (Å²) in [7, 11) is -3.41. The highest BCUT2D eigenvalue weighted by Crippen LogP contribution is 2.17. The Morgan fingerprint density at radius 2 is 2.00 bits per heavy atom. The van der Waals surface area contributed by atoms with Crippen LogP contribution in [0.1, 0.15) is 19.3 Å². The van der Waals surface area contributed by atoms with Gasteiger partial charge in [-0.05, 0) is 19.3 Å². The zero-order valence-corrected chi connectivity index (χ0v) is 9.87. The van der Waals surface area contributed by atoms with Crippen molar-refractivity contribution >= 4 is 21.7 Å². The molecule has 1 heterocycles. The van der Waals surface area contributed by atoms with Crippen LogP contribution in [-0.2, 0) is 19.4 Å². The second-order valence-corrected chi connectivity index (χ2v) is 6.15. The molecule has 1 atom stereocenters. The molecule has 1 amide bonds. The molecule has 6 nitrogen and oxygen atoms in total. The van der Waals surface area contributed by atoms with Gasteiger partial charge in [-0.3, -0.25) is 4.79 Å². The van der Waals surface area contributed by atoms with Gasteiger partial charge in [0.15, 0.2) is 9.84 Å². The minimum Gasteiger partial charge on any atom is -0.480 e. The first kappa shape index (κ1) is 13.0. The molecule has 0 radical (unpaired) electrons. The van der Waals surface area contributed by atoms with Crippen LogP contribution < -0.4 is 0 Å². The number of nitrogens with zero attached hydrogens (tertiary/aromatic N) is 1. The molecule has 0 unspecified atom stereocenters. The molecule has 0 aromatic heterocycles. The quantitative estimate of drug-likeness (QED) is 0.727. The molecule has 0 aromatic rings. The maximum Gasteiger partial charge on any atom is 0.326 e. The van der Waals surface area contributed by atoms with Gasteiger partial charge in [0.25, 0.3) is 0 Å². The van der Waals surface area contributed by atoms with Gasteiger partial charge in [0.05, 0.1) is 0 Å². The Kier molecular flexibility index (Phi) is 3.90. The molecular weight excluding hydrogens is 234 g/mol. The smallest absolute Gasteiger partial charge is 0.326 e. The van der Waals surface area contributed by atoms with Gasteiger partial charge in [-0.1, -0.05) is 0 Å². The molecule has 1 N–H and O–H groups in total. The Labute approximate surface area is 94.2 Å². The van der Waals surface area contributed by atoms with Gasteiger partial charge in [0, 0.05) is 12.8 Å². The average Bonchev–Trinajstić information content (AvgIpc) is 2.15. The summed E-state index contributed by atoms with van der Waals surface area (Å²) in [5.41, 5.74) is 0. The number of rotatable bonds is 3. The lowest BCUT2D eigenvalue weighted by Gasteiger charge is -2.32. The van der Waals surface area contributed by atoms with Crippen LogP contribution in [0.15, 0.2) is 0 Å². The summed E-state index contributed by atoms with van der Waals surface area (Å²) in [6.45, 7) is 0.325. The number of carbonyl (C=O) groups is 2. The summed E-state index contributed by atoms with van der Waals surface area (Å²) in [6.07, 6.45) is 2.83. The summed E-state index contributed by atoms with van der Waals surface area (Å²) in [6, 6.07) is -0.872. The number of aliphatic carboxylic acids is 1. The van der Waals surface area contributed by atoms with Gasteiger partial charge in [0.1, 0.15) is 11.8 Å². The van der Waals surface area contributed by atoms with Crippen LogP contribution in [0.2, 0.25) is 0 Å². The van der Waals surface area contributed by atoms with Crippen molar-refractivity contribution in [3.8, 4) is 0 Å². The van der Waals surface area contributed by atoms with E-state index in [-0.39, 0.29) is 0 Å². The monoisotopic (exact) mass is 249 g/mol. The van der Waals surface area contributed by atoms with E-state index in [1.54, 1.807) is 0 Å². The van der Waals surface area contributed by atoms with Crippen LogP contribution in [0.25, 0.3) is 0 Å². The summed E-state index contributed by atoms with van der Waals surface area (Å²) in [5, 5.41) is 8.91. The highest BCUT2D eigenvalue weighted by Gasteiger charge is 2.32. The van der Waals surface area contributed by atoms with Crippen molar-refractivity contribution in [3.05, 3.63) is 0 Å². The van der Waals surface area contributed by atoms with Gasteiger partial charge in [-0.2, -0.15) is 0 Å². The number of carbonyl (C=O) groups excluding carboxylic acids is 1. The third kappa shape index (κ3) is 3.48. The van der Waals surface area contributed by atoms with E-state index in [4.69, 9.17) is 5.11 Å². The van der Waals surface area contributed by atoms with Gasteiger partial charge >= 0.3 is 5.97 Å². The van der Waals surface area contributed by atoms with Crippen LogP contribution in [0, 0.1) is 0 Å². The Bertz CT molecular complexity index is 389. The molecule has 0 saturated carbocycles. The van der Waals surface area contributed by atoms with Crippen molar-refractivity contribution < 1.29 is 23.1 Å². The van der Waals surface area contributed by atoms with E-state index >= 15 is 0 Å². The Morgan fingerprint density at radius 3 is 2.50 bits per heavy atom. The summed E-state index contributed by atoms with van der Waals surface area (Å²) >= 11 is 0. The van der Waals surface area contributed by atoms with E-state index in [9.17, 15) is 18.0 Å². The molecule has 7 heteroatoms. The maximum absolute atomic E-state index is 11.6. The lowest BCUT2D eigenvalue weighted by Crippen LogP contribution is -2.49. The fourth-order valence-corrected chi connectivity index (χ4v) is 2.41. The van der Waals surface area contributed by atoms with Gasteiger partial charge in [-0.15, -0.1) is 0 Å². The summed E-state index contributed by atoms with van der Waals surface area (Å²) < 4.78 is 21.9.